The Hall–Kier alpha value is -0.670. The highest BCUT2D eigenvalue weighted by atomic mass is 16.5. The van der Waals surface area contributed by atoms with Crippen LogP contribution < -0.4 is 0 Å². The normalized spacial score (nSPS) is 26.1. The van der Waals surface area contributed by atoms with E-state index in [-0.39, 0.29) is 18.3 Å². The van der Waals surface area contributed by atoms with Crippen LogP contribution in [0.5, 0.6) is 0 Å². The van der Waals surface area contributed by atoms with E-state index in [2.05, 4.69) is 0 Å². The number of hydrogen-bond donors (Lipinski definition) is 1. The molecule has 0 saturated heterocycles. The highest BCUT2D eigenvalue weighted by Crippen LogP contribution is 2.18. The van der Waals surface area contributed by atoms with Crippen LogP contribution in [0.3, 0.4) is 0 Å². The Kier molecular flexibility index (Phi) is 6.45. The number of unbranched alkanes of at least 4 members (excludes halogenated alkanes) is 1. The summed E-state index contributed by atoms with van der Waals surface area (Å²) in [6.07, 6.45) is 9.11. The Morgan fingerprint density at radius 3 is 2.88 bits per heavy atom. The third-order valence-corrected chi connectivity index (χ3v) is 3.25. The average molecular weight is 240 g/mol. The van der Waals surface area contributed by atoms with E-state index >= 15 is 0 Å². The monoisotopic (exact) mass is 240 g/mol. The summed E-state index contributed by atoms with van der Waals surface area (Å²) in [5.74, 6) is 0.336. The van der Waals surface area contributed by atoms with Crippen LogP contribution >= 0.6 is 0 Å². The van der Waals surface area contributed by atoms with Crippen LogP contribution in [0.25, 0.3) is 0 Å². The highest BCUT2D eigenvalue weighted by Gasteiger charge is 2.17. The lowest BCUT2D eigenvalue weighted by Crippen LogP contribution is -2.25. The quantitative estimate of drug-likeness (QED) is 0.422. The fourth-order valence-electron chi connectivity index (χ4n) is 2.01. The minimum Gasteiger partial charge on any atom is -0.393 e. The van der Waals surface area contributed by atoms with Crippen molar-refractivity contribution in [3.8, 4) is 0 Å². The molecule has 3 atom stereocenters. The van der Waals surface area contributed by atoms with Crippen LogP contribution in [0.2, 0.25) is 0 Å². The molecular formula is C14H24O3. The van der Waals surface area contributed by atoms with Crippen molar-refractivity contribution in [2.45, 2.75) is 64.3 Å². The highest BCUT2D eigenvalue weighted by molar-refractivity contribution is 5.59. The smallest absolute Gasteiger partial charge is 0.152 e. The van der Waals surface area contributed by atoms with E-state index in [0.29, 0.717) is 5.92 Å². The van der Waals surface area contributed by atoms with Crippen LogP contribution in [0.15, 0.2) is 12.2 Å². The summed E-state index contributed by atoms with van der Waals surface area (Å²) in [4.78, 5) is 10.6. The first-order chi connectivity index (χ1) is 8.13. The van der Waals surface area contributed by atoms with Crippen molar-refractivity contribution in [2.24, 2.45) is 5.92 Å². The van der Waals surface area contributed by atoms with Gasteiger partial charge in [0.2, 0.25) is 0 Å². The number of hydrogen-bond acceptors (Lipinski definition) is 3. The number of aliphatic hydroxyl groups excluding tert-OH is 1. The van der Waals surface area contributed by atoms with Crippen molar-refractivity contribution in [2.75, 3.05) is 0 Å². The summed E-state index contributed by atoms with van der Waals surface area (Å²) >= 11 is 0. The van der Waals surface area contributed by atoms with Gasteiger partial charge in [-0.1, -0.05) is 38.8 Å². The molecule has 98 valence electrons. The van der Waals surface area contributed by atoms with Crippen LogP contribution in [-0.2, 0) is 9.53 Å². The Balaban J connectivity index is 2.11. The van der Waals surface area contributed by atoms with Crippen molar-refractivity contribution in [3.63, 3.8) is 0 Å². The second-order valence-corrected chi connectivity index (χ2v) is 5.12. The SMILES string of the molecule is CC(C)C(O)CCCCC1CC=CC(C=O)O1. The van der Waals surface area contributed by atoms with Crippen LogP contribution in [0, 0.1) is 5.92 Å². The molecule has 0 saturated carbocycles. The average Bonchev–Trinajstić information content (AvgIpc) is 2.34. The molecule has 1 aliphatic rings. The number of aliphatic hydroxyl groups is 1. The number of carbonyl (C=O) groups excluding carboxylic acids is 1. The first kappa shape index (κ1) is 14.4. The van der Waals surface area contributed by atoms with E-state index in [0.717, 1.165) is 38.4 Å². The van der Waals surface area contributed by atoms with Crippen LogP contribution in [-0.4, -0.2) is 29.7 Å². The van der Waals surface area contributed by atoms with Gasteiger partial charge >= 0.3 is 0 Å². The summed E-state index contributed by atoms with van der Waals surface area (Å²) in [6, 6.07) is 0. The molecule has 3 unspecified atom stereocenters. The Morgan fingerprint density at radius 1 is 1.47 bits per heavy atom. The van der Waals surface area contributed by atoms with Crippen molar-refractivity contribution >= 4 is 6.29 Å². The van der Waals surface area contributed by atoms with E-state index in [1.807, 2.05) is 26.0 Å². The Bertz CT molecular complexity index is 248. The molecule has 0 aromatic heterocycles. The molecule has 17 heavy (non-hydrogen) atoms. The van der Waals surface area contributed by atoms with Crippen LogP contribution in [0.4, 0.5) is 0 Å². The van der Waals surface area contributed by atoms with Crippen LogP contribution in [0.1, 0.15) is 46.0 Å². The van der Waals surface area contributed by atoms with Crippen molar-refractivity contribution in [1.29, 1.82) is 0 Å². The molecule has 3 nitrogen and oxygen atoms in total. The van der Waals surface area contributed by atoms with E-state index < -0.39 is 0 Å². The maximum Gasteiger partial charge on any atom is 0.152 e. The lowest BCUT2D eigenvalue weighted by atomic mass is 9.99. The molecule has 0 fully saturated rings. The first-order valence-electron chi connectivity index (χ1n) is 6.59. The summed E-state index contributed by atoms with van der Waals surface area (Å²) < 4.78 is 5.57. The molecular weight excluding hydrogens is 216 g/mol. The molecule has 3 heteroatoms. The van der Waals surface area contributed by atoms with E-state index in [4.69, 9.17) is 4.74 Å². The molecule has 1 rings (SSSR count). The van der Waals surface area contributed by atoms with Gasteiger partial charge in [0, 0.05) is 0 Å². The van der Waals surface area contributed by atoms with Gasteiger partial charge in [0.05, 0.1) is 12.2 Å². The fourth-order valence-corrected chi connectivity index (χ4v) is 2.01. The fraction of sp³-hybridized carbons (Fsp3) is 0.786. The Morgan fingerprint density at radius 2 is 2.24 bits per heavy atom. The summed E-state index contributed by atoms with van der Waals surface area (Å²) in [7, 11) is 0. The number of aldehydes is 1. The largest absolute Gasteiger partial charge is 0.393 e. The first-order valence-corrected chi connectivity index (χ1v) is 6.59. The van der Waals surface area contributed by atoms with Gasteiger partial charge < -0.3 is 14.6 Å². The minimum absolute atomic E-state index is 0.173. The van der Waals surface area contributed by atoms with Gasteiger partial charge in [0.25, 0.3) is 0 Å². The second kappa shape index (κ2) is 7.62. The topological polar surface area (TPSA) is 46.5 Å². The zero-order valence-electron chi connectivity index (χ0n) is 10.8. The molecule has 1 heterocycles. The lowest BCUT2D eigenvalue weighted by molar-refractivity contribution is -0.119. The van der Waals surface area contributed by atoms with Crippen molar-refractivity contribution in [1.82, 2.24) is 0 Å². The standard InChI is InChI=1S/C14H24O3/c1-11(2)14(16)9-4-3-6-12-7-5-8-13(10-15)17-12/h5,8,10-14,16H,3-4,6-7,9H2,1-2H3. The lowest BCUT2D eigenvalue weighted by Gasteiger charge is -2.23. The zero-order chi connectivity index (χ0) is 12.7. The maximum atomic E-state index is 10.6. The summed E-state index contributed by atoms with van der Waals surface area (Å²) in [6.45, 7) is 4.07. The van der Waals surface area contributed by atoms with E-state index in [9.17, 15) is 9.90 Å². The van der Waals surface area contributed by atoms with Gasteiger partial charge in [-0.3, -0.25) is 0 Å². The molecule has 0 amide bonds. The molecule has 1 aliphatic heterocycles. The molecule has 0 bridgehead atoms. The van der Waals surface area contributed by atoms with E-state index in [1.54, 1.807) is 0 Å². The third-order valence-electron chi connectivity index (χ3n) is 3.25. The van der Waals surface area contributed by atoms with Gasteiger partial charge in [-0.15, -0.1) is 0 Å². The maximum absolute atomic E-state index is 10.6. The minimum atomic E-state index is -0.352. The molecule has 0 radical (unpaired) electrons. The predicted octanol–water partition coefficient (Wildman–Crippen LogP) is 2.48. The molecule has 0 aromatic rings. The third kappa shape index (κ3) is 5.46. The summed E-state index contributed by atoms with van der Waals surface area (Å²) in [5.41, 5.74) is 0. The molecule has 1 N–H and O–H groups in total. The van der Waals surface area contributed by atoms with Gasteiger partial charge in [0.15, 0.2) is 6.29 Å². The predicted molar refractivity (Wildman–Crippen MR) is 67.8 cm³/mol. The molecule has 0 aromatic carbocycles. The number of carbonyl (C=O) groups is 1. The molecule has 0 spiro atoms. The van der Waals surface area contributed by atoms with Gasteiger partial charge in [-0.05, 0) is 25.2 Å². The van der Waals surface area contributed by atoms with Gasteiger partial charge in [-0.25, -0.2) is 0 Å². The van der Waals surface area contributed by atoms with E-state index in [1.165, 1.54) is 0 Å². The van der Waals surface area contributed by atoms with Gasteiger partial charge in [0.1, 0.15) is 6.10 Å². The molecule has 0 aliphatic carbocycles. The van der Waals surface area contributed by atoms with Crippen molar-refractivity contribution in [3.05, 3.63) is 12.2 Å². The second-order valence-electron chi connectivity index (χ2n) is 5.12. The Labute approximate surface area is 104 Å². The van der Waals surface area contributed by atoms with Crippen molar-refractivity contribution < 1.29 is 14.6 Å². The zero-order valence-corrected chi connectivity index (χ0v) is 10.8. The van der Waals surface area contributed by atoms with Gasteiger partial charge in [-0.2, -0.15) is 0 Å². The number of rotatable bonds is 7. The number of ether oxygens (including phenoxy) is 1. The summed E-state index contributed by atoms with van der Waals surface area (Å²) in [5, 5.41) is 9.65.